The van der Waals surface area contributed by atoms with Crippen LogP contribution in [0.1, 0.15) is 35.8 Å². The number of benzene rings is 3. The number of nitrogens with one attached hydrogen (secondary N) is 6. The van der Waals surface area contributed by atoms with Crippen molar-refractivity contribution < 1.29 is 14.4 Å². The van der Waals surface area contributed by atoms with Crippen molar-refractivity contribution in [3.63, 3.8) is 0 Å². The first-order valence-corrected chi connectivity index (χ1v) is 15.1. The van der Waals surface area contributed by atoms with Crippen LogP contribution in [0.2, 0.25) is 0 Å². The largest absolute Gasteiger partial charge is 0.368 e. The summed E-state index contributed by atoms with van der Waals surface area (Å²) in [4.78, 5) is 42.2. The van der Waals surface area contributed by atoms with Gasteiger partial charge in [-0.2, -0.15) is 0 Å². The van der Waals surface area contributed by atoms with Gasteiger partial charge in [-0.1, -0.05) is 43.0 Å². The number of hydrazine groups is 1. The van der Waals surface area contributed by atoms with Gasteiger partial charge in [0, 0.05) is 41.6 Å². The number of fused-ring (bicyclic) bond motifs is 1. The SMILES string of the molecule is C=CC(=O)Nc1cccc(C(=O)Nc2ccc(NC3NNC4C3CN(C(=O)N[C@H](CN(C)C)c3ccccc3)C4(C)C)cc2)c1. The Balaban J connectivity index is 1.20. The van der Waals surface area contributed by atoms with E-state index in [0.717, 1.165) is 11.3 Å². The van der Waals surface area contributed by atoms with Crippen LogP contribution < -0.4 is 32.1 Å². The fraction of sp³-hybridized carbons (Fsp3) is 0.324. The lowest BCUT2D eigenvalue weighted by Crippen LogP contribution is -2.57. The zero-order valence-corrected chi connectivity index (χ0v) is 26.1. The molecule has 3 aromatic rings. The molecule has 4 amide bonds. The average Bonchev–Trinajstić information content (AvgIpc) is 3.55. The van der Waals surface area contributed by atoms with Gasteiger partial charge >= 0.3 is 6.03 Å². The Morgan fingerprint density at radius 2 is 1.67 bits per heavy atom. The summed E-state index contributed by atoms with van der Waals surface area (Å²) in [5.41, 5.74) is 9.88. The van der Waals surface area contributed by atoms with Gasteiger partial charge in [0.05, 0.1) is 23.8 Å². The number of likely N-dealkylation sites (tertiary alicyclic amines) is 1. The average molecular weight is 611 g/mol. The molecule has 0 spiro atoms. The Morgan fingerprint density at radius 1 is 0.956 bits per heavy atom. The topological polar surface area (TPSA) is 130 Å². The van der Waals surface area contributed by atoms with Crippen molar-refractivity contribution in [2.75, 3.05) is 43.1 Å². The van der Waals surface area contributed by atoms with E-state index in [-0.39, 0.29) is 42.0 Å². The van der Waals surface area contributed by atoms with Gasteiger partial charge < -0.3 is 31.1 Å². The molecule has 11 nitrogen and oxygen atoms in total. The van der Waals surface area contributed by atoms with Crippen LogP contribution in [0.25, 0.3) is 0 Å². The molecule has 236 valence electrons. The predicted molar refractivity (Wildman–Crippen MR) is 178 cm³/mol. The van der Waals surface area contributed by atoms with Crippen molar-refractivity contribution in [2.45, 2.75) is 37.6 Å². The van der Waals surface area contributed by atoms with E-state index in [0.29, 0.717) is 30.0 Å². The van der Waals surface area contributed by atoms with E-state index in [1.165, 1.54) is 6.08 Å². The number of carbonyl (C=O) groups is 3. The maximum absolute atomic E-state index is 13.7. The van der Waals surface area contributed by atoms with Crippen LogP contribution in [0.15, 0.2) is 91.5 Å². The zero-order valence-electron chi connectivity index (χ0n) is 26.1. The van der Waals surface area contributed by atoms with Gasteiger partial charge in [-0.05, 0) is 82.0 Å². The molecule has 11 heteroatoms. The summed E-state index contributed by atoms with van der Waals surface area (Å²) in [7, 11) is 4.01. The van der Waals surface area contributed by atoms with E-state index in [4.69, 9.17) is 0 Å². The minimum Gasteiger partial charge on any atom is -0.368 e. The van der Waals surface area contributed by atoms with E-state index in [1.807, 2.05) is 73.6 Å². The molecule has 2 aliphatic rings. The van der Waals surface area contributed by atoms with Crippen LogP contribution in [0, 0.1) is 5.92 Å². The Bertz CT molecular complexity index is 1530. The van der Waals surface area contributed by atoms with Crippen LogP contribution in [0.3, 0.4) is 0 Å². The van der Waals surface area contributed by atoms with E-state index >= 15 is 0 Å². The number of urea groups is 1. The van der Waals surface area contributed by atoms with E-state index in [1.54, 1.807) is 24.3 Å². The van der Waals surface area contributed by atoms with Crippen LogP contribution in [-0.4, -0.2) is 72.6 Å². The highest BCUT2D eigenvalue weighted by atomic mass is 16.2. The second kappa shape index (κ2) is 13.5. The van der Waals surface area contributed by atoms with Gasteiger partial charge in [0.1, 0.15) is 0 Å². The fourth-order valence-corrected chi connectivity index (χ4v) is 6.08. The summed E-state index contributed by atoms with van der Waals surface area (Å²) < 4.78 is 0. The Labute approximate surface area is 264 Å². The number of amides is 4. The van der Waals surface area contributed by atoms with Crippen molar-refractivity contribution in [1.82, 2.24) is 26.0 Å². The van der Waals surface area contributed by atoms with Gasteiger partial charge in [0.25, 0.3) is 5.91 Å². The summed E-state index contributed by atoms with van der Waals surface area (Å²) in [5, 5.41) is 12.4. The molecule has 2 fully saturated rings. The highest BCUT2D eigenvalue weighted by molar-refractivity contribution is 6.06. The second-order valence-corrected chi connectivity index (χ2v) is 12.3. The van der Waals surface area contributed by atoms with E-state index in [9.17, 15) is 14.4 Å². The van der Waals surface area contributed by atoms with Crippen molar-refractivity contribution >= 4 is 34.9 Å². The highest BCUT2D eigenvalue weighted by Crippen LogP contribution is 2.38. The lowest BCUT2D eigenvalue weighted by Gasteiger charge is -2.37. The summed E-state index contributed by atoms with van der Waals surface area (Å²) in [6, 6.07) is 24.0. The summed E-state index contributed by atoms with van der Waals surface area (Å²) in [6.07, 6.45) is 1.06. The van der Waals surface area contributed by atoms with Gasteiger partial charge in [-0.25, -0.2) is 10.2 Å². The lowest BCUT2D eigenvalue weighted by molar-refractivity contribution is -0.111. The van der Waals surface area contributed by atoms with Crippen LogP contribution in [0.5, 0.6) is 0 Å². The first kappa shape index (κ1) is 31.7. The number of anilines is 3. The van der Waals surface area contributed by atoms with Crippen LogP contribution >= 0.6 is 0 Å². The predicted octanol–water partition coefficient (Wildman–Crippen LogP) is 4.00. The quantitative estimate of drug-likeness (QED) is 0.192. The van der Waals surface area contributed by atoms with Crippen LogP contribution in [0.4, 0.5) is 21.9 Å². The molecular formula is C34H42N8O3. The molecular weight excluding hydrogens is 568 g/mol. The standard InChI is InChI=1S/C34H42N8O3/c1-6-29(43)35-26-14-10-13-23(19-26)32(44)37-25-17-15-24(16-18-25)36-31-27-20-42(34(2,3)30(27)39-40-31)33(45)38-28(21-41(4)5)22-11-8-7-9-12-22/h6-19,27-28,30-31,36,39-40H,1,20-21H2,2-5H3,(H,35,43)(H,37,44)(H,38,45)/t27?,28-,30?,31?/m1/s1. The molecule has 5 rings (SSSR count). The Kier molecular flexibility index (Phi) is 9.52. The molecule has 4 atom stereocenters. The van der Waals surface area contributed by atoms with Gasteiger partial charge in [-0.15, -0.1) is 0 Å². The number of nitrogens with zero attached hydrogens (tertiary/aromatic N) is 2. The normalized spacial score (nSPS) is 20.6. The molecule has 3 aromatic carbocycles. The number of rotatable bonds is 10. The second-order valence-electron chi connectivity index (χ2n) is 12.3. The van der Waals surface area contributed by atoms with Crippen molar-refractivity contribution in [3.8, 4) is 0 Å². The third-order valence-electron chi connectivity index (χ3n) is 8.44. The minimum atomic E-state index is -0.433. The summed E-state index contributed by atoms with van der Waals surface area (Å²) in [6.45, 7) is 8.90. The van der Waals surface area contributed by atoms with E-state index < -0.39 is 5.54 Å². The molecule has 0 bridgehead atoms. The number of hydrogen-bond donors (Lipinski definition) is 6. The van der Waals surface area contributed by atoms with Gasteiger partial charge in [0.2, 0.25) is 5.91 Å². The van der Waals surface area contributed by atoms with Crippen LogP contribution in [-0.2, 0) is 4.79 Å². The first-order valence-electron chi connectivity index (χ1n) is 15.1. The molecule has 6 N–H and O–H groups in total. The summed E-state index contributed by atoms with van der Waals surface area (Å²) in [5.74, 6) is -0.521. The van der Waals surface area contributed by atoms with Crippen molar-refractivity contribution in [2.24, 2.45) is 5.92 Å². The number of hydrogen-bond acceptors (Lipinski definition) is 7. The summed E-state index contributed by atoms with van der Waals surface area (Å²) >= 11 is 0. The highest BCUT2D eigenvalue weighted by Gasteiger charge is 2.55. The maximum atomic E-state index is 13.7. The van der Waals surface area contributed by atoms with E-state index in [2.05, 4.69) is 57.4 Å². The lowest BCUT2D eigenvalue weighted by atomic mass is 9.90. The molecule has 0 aliphatic carbocycles. The Hall–Kier alpha value is -4.71. The molecule has 2 saturated heterocycles. The van der Waals surface area contributed by atoms with Gasteiger partial charge in [0.15, 0.2) is 0 Å². The molecule has 3 unspecified atom stereocenters. The third-order valence-corrected chi connectivity index (χ3v) is 8.44. The maximum Gasteiger partial charge on any atom is 0.318 e. The minimum absolute atomic E-state index is 0.0374. The molecule has 0 saturated carbocycles. The number of carbonyl (C=O) groups excluding carboxylic acids is 3. The zero-order chi connectivity index (χ0) is 32.1. The molecule has 0 aromatic heterocycles. The molecule has 0 radical (unpaired) electrons. The molecule has 2 heterocycles. The van der Waals surface area contributed by atoms with Gasteiger partial charge in [-0.3, -0.25) is 15.0 Å². The fourth-order valence-electron chi connectivity index (χ4n) is 6.08. The molecule has 2 aliphatic heterocycles. The smallest absolute Gasteiger partial charge is 0.318 e. The number of likely N-dealkylation sites (N-methyl/N-ethyl adjacent to an activating group) is 1. The third kappa shape index (κ3) is 7.34. The molecule has 45 heavy (non-hydrogen) atoms. The Morgan fingerprint density at radius 3 is 2.36 bits per heavy atom. The van der Waals surface area contributed by atoms with Crippen molar-refractivity contribution in [1.29, 1.82) is 0 Å². The van der Waals surface area contributed by atoms with Crippen molar-refractivity contribution in [3.05, 3.63) is 103 Å². The first-order chi connectivity index (χ1) is 21.5. The monoisotopic (exact) mass is 610 g/mol.